The molecule has 0 atom stereocenters. The molecule has 0 aromatic heterocycles. The van der Waals surface area contributed by atoms with E-state index in [2.05, 4.69) is 9.64 Å². The normalized spacial score (nSPS) is 22.1. The number of alkyl halides is 2. The zero-order valence-electron chi connectivity index (χ0n) is 12.8. The Morgan fingerprint density at radius 3 is 2.27 bits per heavy atom. The van der Waals surface area contributed by atoms with E-state index in [4.69, 9.17) is 4.74 Å². The second kappa shape index (κ2) is 6.92. The van der Waals surface area contributed by atoms with Crippen LogP contribution in [0.4, 0.5) is 8.78 Å². The van der Waals surface area contributed by atoms with Gasteiger partial charge in [0.1, 0.15) is 5.75 Å². The first kappa shape index (κ1) is 15.7. The summed E-state index contributed by atoms with van der Waals surface area (Å²) >= 11 is 0. The highest BCUT2D eigenvalue weighted by Crippen LogP contribution is 2.40. The summed E-state index contributed by atoms with van der Waals surface area (Å²) in [4.78, 5) is 2.45. The molecule has 3 nitrogen and oxygen atoms in total. The Morgan fingerprint density at radius 1 is 1.05 bits per heavy atom. The molecule has 2 saturated heterocycles. The number of hydrogen-bond donors (Lipinski definition) is 0. The molecule has 0 N–H and O–H groups in total. The summed E-state index contributed by atoms with van der Waals surface area (Å²) in [6.45, 7) is 2.15. The Bertz CT molecular complexity index is 462. The molecule has 0 aliphatic carbocycles. The first-order chi connectivity index (χ1) is 10.7. The topological polar surface area (TPSA) is 21.7 Å². The van der Waals surface area contributed by atoms with Crippen molar-refractivity contribution in [2.24, 2.45) is 5.41 Å². The van der Waals surface area contributed by atoms with Crippen LogP contribution in [0.25, 0.3) is 0 Å². The van der Waals surface area contributed by atoms with Gasteiger partial charge in [-0.2, -0.15) is 8.78 Å². The van der Waals surface area contributed by atoms with Gasteiger partial charge in [0.05, 0.1) is 0 Å². The molecule has 3 rings (SSSR count). The fourth-order valence-corrected chi connectivity index (χ4v) is 3.52. The van der Waals surface area contributed by atoms with Gasteiger partial charge in [0.2, 0.25) is 0 Å². The third-order valence-corrected chi connectivity index (χ3v) is 5.02. The average molecular weight is 311 g/mol. The van der Waals surface area contributed by atoms with Crippen molar-refractivity contribution in [1.82, 2.24) is 4.90 Å². The van der Waals surface area contributed by atoms with Gasteiger partial charge < -0.3 is 9.47 Å². The lowest BCUT2D eigenvalue weighted by Crippen LogP contribution is -2.42. The molecule has 0 radical (unpaired) electrons. The number of rotatable bonds is 4. The molecular formula is C17H23F2NO2. The molecule has 122 valence electrons. The van der Waals surface area contributed by atoms with Gasteiger partial charge in [0.15, 0.2) is 0 Å². The lowest BCUT2D eigenvalue weighted by atomic mass is 9.72. The summed E-state index contributed by atoms with van der Waals surface area (Å²) in [5, 5.41) is 0. The lowest BCUT2D eigenvalue weighted by molar-refractivity contribution is -0.0498. The standard InChI is InChI=1S/C17H23F2NO2/c18-16(19)22-15-3-1-14(2-4-15)13-20-9-5-17(6-10-20)7-11-21-12-8-17/h1-4,16H,5-13H2. The van der Waals surface area contributed by atoms with Crippen molar-refractivity contribution in [2.45, 2.75) is 38.8 Å². The Kier molecular flexibility index (Phi) is 4.93. The molecule has 2 fully saturated rings. The maximum atomic E-state index is 12.1. The van der Waals surface area contributed by atoms with Crippen molar-refractivity contribution < 1.29 is 18.3 Å². The van der Waals surface area contributed by atoms with E-state index in [9.17, 15) is 8.78 Å². The Balaban J connectivity index is 1.50. The van der Waals surface area contributed by atoms with Crippen molar-refractivity contribution in [1.29, 1.82) is 0 Å². The molecule has 2 aliphatic rings. The number of likely N-dealkylation sites (tertiary alicyclic amines) is 1. The van der Waals surface area contributed by atoms with E-state index in [-0.39, 0.29) is 5.75 Å². The fourth-order valence-electron chi connectivity index (χ4n) is 3.52. The van der Waals surface area contributed by atoms with E-state index in [1.54, 1.807) is 12.1 Å². The molecule has 2 heterocycles. The molecule has 2 aliphatic heterocycles. The minimum Gasteiger partial charge on any atom is -0.435 e. The van der Waals surface area contributed by atoms with E-state index in [1.807, 2.05) is 12.1 Å². The van der Waals surface area contributed by atoms with Gasteiger partial charge >= 0.3 is 6.61 Å². The minimum absolute atomic E-state index is 0.221. The van der Waals surface area contributed by atoms with Crippen LogP contribution in [0.1, 0.15) is 31.2 Å². The molecule has 0 saturated carbocycles. The van der Waals surface area contributed by atoms with Gasteiger partial charge in [-0.25, -0.2) is 0 Å². The van der Waals surface area contributed by atoms with Crippen molar-refractivity contribution in [2.75, 3.05) is 26.3 Å². The van der Waals surface area contributed by atoms with Crippen molar-refractivity contribution in [3.63, 3.8) is 0 Å². The van der Waals surface area contributed by atoms with Crippen LogP contribution in [0.15, 0.2) is 24.3 Å². The van der Waals surface area contributed by atoms with E-state index in [0.29, 0.717) is 5.41 Å². The van der Waals surface area contributed by atoms with Gasteiger partial charge in [-0.1, -0.05) is 12.1 Å². The van der Waals surface area contributed by atoms with Gasteiger partial charge in [0.25, 0.3) is 0 Å². The van der Waals surface area contributed by atoms with E-state index in [0.717, 1.165) is 38.4 Å². The Hall–Kier alpha value is -1.20. The van der Waals surface area contributed by atoms with Crippen LogP contribution >= 0.6 is 0 Å². The monoisotopic (exact) mass is 311 g/mol. The van der Waals surface area contributed by atoms with Gasteiger partial charge in [0, 0.05) is 19.8 Å². The lowest BCUT2D eigenvalue weighted by Gasteiger charge is -2.44. The highest BCUT2D eigenvalue weighted by molar-refractivity contribution is 5.27. The molecule has 0 bridgehead atoms. The van der Waals surface area contributed by atoms with Crippen molar-refractivity contribution in [3.8, 4) is 5.75 Å². The predicted octanol–water partition coefficient (Wildman–Crippen LogP) is 3.68. The summed E-state index contributed by atoms with van der Waals surface area (Å²) in [6.07, 6.45) is 4.87. The van der Waals surface area contributed by atoms with Gasteiger partial charge in [-0.15, -0.1) is 0 Å². The van der Waals surface area contributed by atoms with Gasteiger partial charge in [-0.05, 0) is 61.9 Å². The zero-order chi connectivity index (χ0) is 15.4. The van der Waals surface area contributed by atoms with Crippen LogP contribution in [0.3, 0.4) is 0 Å². The minimum atomic E-state index is -2.76. The highest BCUT2D eigenvalue weighted by Gasteiger charge is 2.35. The van der Waals surface area contributed by atoms with Crippen LogP contribution in [0, 0.1) is 5.41 Å². The quantitative estimate of drug-likeness (QED) is 0.846. The summed E-state index contributed by atoms with van der Waals surface area (Å²) in [5.74, 6) is 0.221. The van der Waals surface area contributed by atoms with Crippen LogP contribution < -0.4 is 4.74 Å². The summed E-state index contributed by atoms with van der Waals surface area (Å²) < 4.78 is 34.1. The molecule has 22 heavy (non-hydrogen) atoms. The summed E-state index contributed by atoms with van der Waals surface area (Å²) in [6, 6.07) is 6.98. The Labute approximate surface area is 130 Å². The molecule has 0 unspecified atom stereocenters. The number of hydrogen-bond acceptors (Lipinski definition) is 3. The van der Waals surface area contributed by atoms with E-state index >= 15 is 0 Å². The Morgan fingerprint density at radius 2 is 1.68 bits per heavy atom. The van der Waals surface area contributed by atoms with Crippen LogP contribution in [-0.2, 0) is 11.3 Å². The zero-order valence-corrected chi connectivity index (χ0v) is 12.8. The van der Waals surface area contributed by atoms with Crippen molar-refractivity contribution in [3.05, 3.63) is 29.8 Å². The SMILES string of the molecule is FC(F)Oc1ccc(CN2CCC3(CCOCC3)CC2)cc1. The third-order valence-electron chi connectivity index (χ3n) is 5.02. The van der Waals surface area contributed by atoms with Crippen LogP contribution in [0.2, 0.25) is 0 Å². The van der Waals surface area contributed by atoms with Gasteiger partial charge in [-0.3, -0.25) is 4.90 Å². The van der Waals surface area contributed by atoms with E-state index < -0.39 is 6.61 Å². The largest absolute Gasteiger partial charge is 0.435 e. The number of benzene rings is 1. The second-order valence-electron chi connectivity index (χ2n) is 6.41. The molecule has 0 amide bonds. The summed E-state index contributed by atoms with van der Waals surface area (Å²) in [7, 11) is 0. The number of nitrogens with zero attached hydrogens (tertiary/aromatic N) is 1. The molecule has 1 aromatic carbocycles. The fraction of sp³-hybridized carbons (Fsp3) is 0.647. The third kappa shape index (κ3) is 3.96. The molecular weight excluding hydrogens is 288 g/mol. The first-order valence-corrected chi connectivity index (χ1v) is 7.99. The number of halogens is 2. The number of ether oxygens (including phenoxy) is 2. The molecule has 1 spiro atoms. The highest BCUT2D eigenvalue weighted by atomic mass is 19.3. The summed E-state index contributed by atoms with van der Waals surface area (Å²) in [5.41, 5.74) is 1.65. The predicted molar refractivity (Wildman–Crippen MR) is 80.1 cm³/mol. The van der Waals surface area contributed by atoms with E-state index in [1.165, 1.54) is 25.7 Å². The number of piperidine rings is 1. The van der Waals surface area contributed by atoms with Crippen LogP contribution in [-0.4, -0.2) is 37.8 Å². The smallest absolute Gasteiger partial charge is 0.387 e. The first-order valence-electron chi connectivity index (χ1n) is 7.99. The van der Waals surface area contributed by atoms with Crippen LogP contribution in [0.5, 0.6) is 5.75 Å². The maximum absolute atomic E-state index is 12.1. The van der Waals surface area contributed by atoms with Crippen molar-refractivity contribution >= 4 is 0 Å². The average Bonchev–Trinajstić information content (AvgIpc) is 2.52. The molecule has 5 heteroatoms. The maximum Gasteiger partial charge on any atom is 0.387 e. The molecule has 1 aromatic rings. The second-order valence-corrected chi connectivity index (χ2v) is 6.41.